The molecule has 0 aliphatic carbocycles. The van der Waals surface area contributed by atoms with Gasteiger partial charge in [-0.1, -0.05) is 12.1 Å². The number of ether oxygens (including phenoxy) is 1. The first-order chi connectivity index (χ1) is 12.2. The molecule has 1 fully saturated rings. The van der Waals surface area contributed by atoms with E-state index >= 15 is 0 Å². The van der Waals surface area contributed by atoms with Crippen LogP contribution in [0.1, 0.15) is 31.1 Å². The quantitative estimate of drug-likeness (QED) is 0.612. The van der Waals surface area contributed by atoms with E-state index in [9.17, 15) is 18.8 Å². The zero-order valence-electron chi connectivity index (χ0n) is 15.2. The molecule has 0 unspecified atom stereocenters. The predicted octanol–water partition coefficient (Wildman–Crippen LogP) is 2.64. The van der Waals surface area contributed by atoms with Crippen molar-refractivity contribution in [2.24, 2.45) is 0 Å². The highest BCUT2D eigenvalue weighted by Gasteiger charge is 2.27. The normalized spacial score (nSPS) is 15.2. The van der Waals surface area contributed by atoms with Crippen LogP contribution in [-0.2, 0) is 9.53 Å². The van der Waals surface area contributed by atoms with Crippen molar-refractivity contribution in [3.8, 4) is 0 Å². The van der Waals surface area contributed by atoms with Crippen LogP contribution in [0.2, 0.25) is 0 Å². The number of halogens is 1. The van der Waals surface area contributed by atoms with Gasteiger partial charge in [-0.05, 0) is 39.0 Å². The largest absolute Gasteiger partial charge is 0.444 e. The molecule has 1 aromatic carbocycles. The van der Waals surface area contributed by atoms with Gasteiger partial charge in [0.2, 0.25) is 5.91 Å². The average Bonchev–Trinajstić information content (AvgIpc) is 2.58. The Kier molecular flexibility index (Phi) is 6.13. The van der Waals surface area contributed by atoms with Crippen LogP contribution in [0, 0.1) is 5.82 Å². The lowest BCUT2D eigenvalue weighted by atomic mass is 10.1. The fraction of sp³-hybridized carbons (Fsp3) is 0.421. The minimum atomic E-state index is -0.565. The summed E-state index contributed by atoms with van der Waals surface area (Å²) in [6.07, 6.45) is 1.91. The molecular weight excluding hydrogens is 339 g/mol. The number of benzene rings is 1. The molecule has 6 nitrogen and oxygen atoms in total. The highest BCUT2D eigenvalue weighted by atomic mass is 19.1. The summed E-state index contributed by atoms with van der Waals surface area (Å²) in [5.41, 5.74) is -0.381. The number of hydrogen-bond acceptors (Lipinski definition) is 4. The zero-order valence-corrected chi connectivity index (χ0v) is 15.2. The Labute approximate surface area is 152 Å². The van der Waals surface area contributed by atoms with Gasteiger partial charge in [-0.3, -0.25) is 9.59 Å². The van der Waals surface area contributed by atoms with E-state index in [2.05, 4.69) is 0 Å². The summed E-state index contributed by atoms with van der Waals surface area (Å²) < 4.78 is 18.4. The molecule has 0 saturated carbocycles. The van der Waals surface area contributed by atoms with Gasteiger partial charge in [0.1, 0.15) is 11.4 Å². The van der Waals surface area contributed by atoms with Gasteiger partial charge in [-0.2, -0.15) is 0 Å². The van der Waals surface area contributed by atoms with Gasteiger partial charge in [-0.15, -0.1) is 0 Å². The molecule has 1 saturated heterocycles. The number of carbonyl (C=O) groups excluding carboxylic acids is 3. The lowest BCUT2D eigenvalue weighted by molar-refractivity contribution is -0.127. The van der Waals surface area contributed by atoms with Gasteiger partial charge >= 0.3 is 6.09 Å². The van der Waals surface area contributed by atoms with Crippen LogP contribution in [0.4, 0.5) is 9.18 Å². The summed E-state index contributed by atoms with van der Waals surface area (Å²) in [4.78, 5) is 39.3. The Morgan fingerprint density at radius 2 is 1.65 bits per heavy atom. The summed E-state index contributed by atoms with van der Waals surface area (Å²) in [6.45, 7) is 6.84. The number of carbonyl (C=O) groups is 3. The topological polar surface area (TPSA) is 66.9 Å². The summed E-state index contributed by atoms with van der Waals surface area (Å²) in [5.74, 6) is -1.27. The second-order valence-corrected chi connectivity index (χ2v) is 7.00. The first-order valence-electron chi connectivity index (χ1n) is 8.40. The van der Waals surface area contributed by atoms with Gasteiger partial charge in [-0.25, -0.2) is 9.18 Å². The number of rotatable bonds is 3. The predicted molar refractivity (Wildman–Crippen MR) is 94.3 cm³/mol. The third-order valence-electron chi connectivity index (χ3n) is 3.73. The van der Waals surface area contributed by atoms with Crippen molar-refractivity contribution in [2.45, 2.75) is 26.4 Å². The monoisotopic (exact) mass is 362 g/mol. The molecule has 1 heterocycles. The molecule has 7 heteroatoms. The lowest BCUT2D eigenvalue weighted by Gasteiger charge is -2.35. The standard InChI is InChI=1S/C19H23FN2O4/c1-19(2,3)26-18(25)22-11-9-21(10-12-22)17(24)8-7-16(23)14-5-4-6-15(20)13-14/h4-8,13H,9-12H2,1-3H3/b8-7+. The first-order valence-corrected chi connectivity index (χ1v) is 8.40. The van der Waals surface area contributed by atoms with Crippen molar-refractivity contribution in [3.63, 3.8) is 0 Å². The smallest absolute Gasteiger partial charge is 0.410 e. The average molecular weight is 362 g/mol. The highest BCUT2D eigenvalue weighted by molar-refractivity contribution is 6.07. The number of amides is 2. The Bertz CT molecular complexity index is 716. The van der Waals surface area contributed by atoms with E-state index < -0.39 is 23.3 Å². The molecule has 2 rings (SSSR count). The number of piperazine rings is 1. The molecule has 2 amide bonds. The molecular formula is C19H23FN2O4. The van der Waals surface area contributed by atoms with Crippen molar-refractivity contribution in [2.75, 3.05) is 26.2 Å². The molecule has 0 bridgehead atoms. The number of nitrogens with zero attached hydrogens (tertiary/aromatic N) is 2. The van der Waals surface area contributed by atoms with E-state index in [1.807, 2.05) is 0 Å². The Morgan fingerprint density at radius 1 is 1.04 bits per heavy atom. The number of hydrogen-bond donors (Lipinski definition) is 0. The maximum atomic E-state index is 13.1. The second kappa shape index (κ2) is 8.12. The molecule has 1 aromatic rings. The Balaban J connectivity index is 1.86. The summed E-state index contributed by atoms with van der Waals surface area (Å²) in [6, 6.07) is 5.29. The maximum Gasteiger partial charge on any atom is 0.410 e. The molecule has 0 atom stereocenters. The van der Waals surface area contributed by atoms with Crippen LogP contribution in [0.5, 0.6) is 0 Å². The summed E-state index contributed by atoms with van der Waals surface area (Å²) >= 11 is 0. The van der Waals surface area contributed by atoms with E-state index in [1.165, 1.54) is 24.3 Å². The van der Waals surface area contributed by atoms with Gasteiger partial charge < -0.3 is 14.5 Å². The minimum absolute atomic E-state index is 0.184. The zero-order chi connectivity index (χ0) is 19.3. The fourth-order valence-corrected chi connectivity index (χ4v) is 2.43. The van der Waals surface area contributed by atoms with Gasteiger partial charge in [0.15, 0.2) is 5.78 Å². The molecule has 0 radical (unpaired) electrons. The maximum absolute atomic E-state index is 13.1. The van der Waals surface area contributed by atoms with Crippen molar-refractivity contribution < 1.29 is 23.5 Å². The summed E-state index contributed by atoms with van der Waals surface area (Å²) in [7, 11) is 0. The molecule has 0 aromatic heterocycles. The van der Waals surface area contributed by atoms with Crippen molar-refractivity contribution in [1.29, 1.82) is 0 Å². The molecule has 1 aliphatic rings. The fourth-order valence-electron chi connectivity index (χ4n) is 2.43. The van der Waals surface area contributed by atoms with Crippen molar-refractivity contribution in [3.05, 3.63) is 47.8 Å². The Hall–Kier alpha value is -2.70. The molecule has 0 spiro atoms. The number of allylic oxidation sites excluding steroid dienone is 1. The van der Waals surface area contributed by atoms with Gasteiger partial charge in [0.25, 0.3) is 0 Å². The van der Waals surface area contributed by atoms with E-state index in [0.717, 1.165) is 12.1 Å². The third kappa shape index (κ3) is 5.68. The highest BCUT2D eigenvalue weighted by Crippen LogP contribution is 2.12. The van der Waals surface area contributed by atoms with Crippen molar-refractivity contribution >= 4 is 17.8 Å². The lowest BCUT2D eigenvalue weighted by Crippen LogP contribution is -2.51. The van der Waals surface area contributed by atoms with Crippen molar-refractivity contribution in [1.82, 2.24) is 9.80 Å². The van der Waals surface area contributed by atoms with E-state index in [4.69, 9.17) is 4.74 Å². The van der Waals surface area contributed by atoms with Crippen LogP contribution in [0.15, 0.2) is 36.4 Å². The van der Waals surface area contributed by atoms with Crippen LogP contribution in [0.3, 0.4) is 0 Å². The molecule has 1 aliphatic heterocycles. The van der Waals surface area contributed by atoms with Gasteiger partial charge in [0.05, 0.1) is 0 Å². The van der Waals surface area contributed by atoms with E-state index in [-0.39, 0.29) is 11.5 Å². The SMILES string of the molecule is CC(C)(C)OC(=O)N1CCN(C(=O)/C=C/C(=O)c2cccc(F)c2)CC1. The van der Waals surface area contributed by atoms with Gasteiger partial charge in [0, 0.05) is 37.8 Å². The Morgan fingerprint density at radius 3 is 2.23 bits per heavy atom. The molecule has 0 N–H and O–H groups in total. The molecule has 26 heavy (non-hydrogen) atoms. The number of ketones is 1. The second-order valence-electron chi connectivity index (χ2n) is 7.00. The van der Waals surface area contributed by atoms with Crippen LogP contribution in [0.25, 0.3) is 0 Å². The van der Waals surface area contributed by atoms with Crippen LogP contribution >= 0.6 is 0 Å². The summed E-state index contributed by atoms with van der Waals surface area (Å²) in [5, 5.41) is 0. The first kappa shape index (κ1) is 19.6. The van der Waals surface area contributed by atoms with Crippen LogP contribution < -0.4 is 0 Å². The van der Waals surface area contributed by atoms with Crippen LogP contribution in [-0.4, -0.2) is 59.4 Å². The van der Waals surface area contributed by atoms with E-state index in [1.54, 1.807) is 30.6 Å². The third-order valence-corrected chi connectivity index (χ3v) is 3.73. The minimum Gasteiger partial charge on any atom is -0.444 e. The van der Waals surface area contributed by atoms with E-state index in [0.29, 0.717) is 26.2 Å². The molecule has 140 valence electrons.